The van der Waals surface area contributed by atoms with Gasteiger partial charge in [-0.05, 0) is 5.92 Å². The fourth-order valence-corrected chi connectivity index (χ4v) is 2.02. The highest BCUT2D eigenvalue weighted by atomic mass is 16.5. The maximum absolute atomic E-state index is 5.44. The summed E-state index contributed by atoms with van der Waals surface area (Å²) in [6.45, 7) is 8.07. The molecule has 2 fully saturated rings. The van der Waals surface area contributed by atoms with Crippen molar-refractivity contribution >= 4 is 0 Å². The highest BCUT2D eigenvalue weighted by Crippen LogP contribution is 2.19. The first kappa shape index (κ1) is 8.48. The minimum atomic E-state index is 0.647. The third-order valence-electron chi connectivity index (χ3n) is 2.84. The molecule has 0 aromatic rings. The van der Waals surface area contributed by atoms with Crippen LogP contribution in [0.25, 0.3) is 0 Å². The largest absolute Gasteiger partial charge is 0.379 e. The lowest BCUT2D eigenvalue weighted by Crippen LogP contribution is -2.46. The standard InChI is InChI=1S/C9H17NO2/c1-8-6-12-7-9(8)10-2-4-11-5-3-10/h8-9H,2-7H2,1H3/t8-,9-/m1/s1. The second-order valence-electron chi connectivity index (χ2n) is 3.73. The van der Waals surface area contributed by atoms with Gasteiger partial charge in [0, 0.05) is 19.1 Å². The Morgan fingerprint density at radius 1 is 1.08 bits per heavy atom. The van der Waals surface area contributed by atoms with Gasteiger partial charge in [0.25, 0.3) is 0 Å². The van der Waals surface area contributed by atoms with E-state index in [4.69, 9.17) is 9.47 Å². The first-order valence-electron chi connectivity index (χ1n) is 4.77. The molecule has 12 heavy (non-hydrogen) atoms. The Morgan fingerprint density at radius 3 is 2.42 bits per heavy atom. The Morgan fingerprint density at radius 2 is 1.83 bits per heavy atom. The maximum atomic E-state index is 5.44. The molecule has 70 valence electrons. The predicted octanol–water partition coefficient (Wildman–Crippen LogP) is 0.353. The van der Waals surface area contributed by atoms with Gasteiger partial charge in [-0.25, -0.2) is 0 Å². The van der Waals surface area contributed by atoms with Gasteiger partial charge in [-0.3, -0.25) is 4.90 Å². The summed E-state index contributed by atoms with van der Waals surface area (Å²) in [6.07, 6.45) is 0. The van der Waals surface area contributed by atoms with E-state index in [1.165, 1.54) is 0 Å². The molecule has 2 aliphatic rings. The summed E-state index contributed by atoms with van der Waals surface area (Å²) in [5.74, 6) is 0.697. The van der Waals surface area contributed by atoms with Crippen molar-refractivity contribution in [3.8, 4) is 0 Å². The Balaban J connectivity index is 1.89. The van der Waals surface area contributed by atoms with E-state index in [1.54, 1.807) is 0 Å². The van der Waals surface area contributed by atoms with E-state index in [0.717, 1.165) is 39.5 Å². The number of morpholine rings is 1. The van der Waals surface area contributed by atoms with Crippen LogP contribution in [-0.2, 0) is 9.47 Å². The molecule has 0 aliphatic carbocycles. The van der Waals surface area contributed by atoms with E-state index in [1.807, 2.05) is 0 Å². The molecule has 2 saturated heterocycles. The molecule has 0 N–H and O–H groups in total. The Hall–Kier alpha value is -0.120. The Bertz CT molecular complexity index is 145. The van der Waals surface area contributed by atoms with Gasteiger partial charge in [-0.2, -0.15) is 0 Å². The third kappa shape index (κ3) is 1.63. The van der Waals surface area contributed by atoms with E-state index in [-0.39, 0.29) is 0 Å². The van der Waals surface area contributed by atoms with Crippen molar-refractivity contribution in [3.05, 3.63) is 0 Å². The summed E-state index contributed by atoms with van der Waals surface area (Å²) in [5, 5.41) is 0. The second kappa shape index (κ2) is 3.73. The predicted molar refractivity (Wildman–Crippen MR) is 46.2 cm³/mol. The van der Waals surface area contributed by atoms with Gasteiger partial charge in [0.05, 0.1) is 26.4 Å². The van der Waals surface area contributed by atoms with E-state index in [9.17, 15) is 0 Å². The minimum Gasteiger partial charge on any atom is -0.379 e. The fourth-order valence-electron chi connectivity index (χ4n) is 2.02. The molecule has 0 aromatic carbocycles. The third-order valence-corrected chi connectivity index (χ3v) is 2.84. The summed E-state index contributed by atoms with van der Waals surface area (Å²) in [7, 11) is 0. The molecule has 3 nitrogen and oxygen atoms in total. The van der Waals surface area contributed by atoms with E-state index >= 15 is 0 Å². The van der Waals surface area contributed by atoms with Crippen molar-refractivity contribution in [2.45, 2.75) is 13.0 Å². The molecule has 0 unspecified atom stereocenters. The summed E-state index contributed by atoms with van der Waals surface area (Å²) < 4.78 is 10.8. The van der Waals surface area contributed by atoms with E-state index in [0.29, 0.717) is 12.0 Å². The van der Waals surface area contributed by atoms with Crippen LogP contribution in [0.4, 0.5) is 0 Å². The zero-order chi connectivity index (χ0) is 8.39. The minimum absolute atomic E-state index is 0.647. The molecule has 0 bridgehead atoms. The molecule has 0 spiro atoms. The van der Waals surface area contributed by atoms with Crippen LogP contribution in [0.2, 0.25) is 0 Å². The van der Waals surface area contributed by atoms with Gasteiger partial charge in [0.2, 0.25) is 0 Å². The molecule has 2 rings (SSSR count). The SMILES string of the molecule is C[C@@H]1COC[C@H]1N1CCOCC1. The Kier molecular flexibility index (Phi) is 2.63. The van der Waals surface area contributed by atoms with Gasteiger partial charge >= 0.3 is 0 Å². The van der Waals surface area contributed by atoms with Crippen LogP contribution in [-0.4, -0.2) is 50.5 Å². The molecule has 0 amide bonds. The number of hydrogen-bond acceptors (Lipinski definition) is 3. The molecule has 0 radical (unpaired) electrons. The molecular weight excluding hydrogens is 154 g/mol. The van der Waals surface area contributed by atoms with Crippen LogP contribution in [0.5, 0.6) is 0 Å². The van der Waals surface area contributed by atoms with Crippen molar-refractivity contribution in [2.24, 2.45) is 5.92 Å². The normalized spacial score (nSPS) is 38.8. The monoisotopic (exact) mass is 171 g/mol. The zero-order valence-corrected chi connectivity index (χ0v) is 7.66. The van der Waals surface area contributed by atoms with E-state index < -0.39 is 0 Å². The molecule has 0 aromatic heterocycles. The van der Waals surface area contributed by atoms with Gasteiger partial charge in [-0.15, -0.1) is 0 Å². The lowest BCUT2D eigenvalue weighted by Gasteiger charge is -2.33. The Labute approximate surface area is 73.6 Å². The van der Waals surface area contributed by atoms with Gasteiger partial charge in [0.15, 0.2) is 0 Å². The van der Waals surface area contributed by atoms with Crippen molar-refractivity contribution in [1.29, 1.82) is 0 Å². The number of ether oxygens (including phenoxy) is 2. The van der Waals surface area contributed by atoms with Crippen LogP contribution < -0.4 is 0 Å². The molecular formula is C9H17NO2. The lowest BCUT2D eigenvalue weighted by atomic mass is 10.0. The molecule has 2 atom stereocenters. The number of rotatable bonds is 1. The van der Waals surface area contributed by atoms with Crippen LogP contribution in [0.1, 0.15) is 6.92 Å². The van der Waals surface area contributed by atoms with Crippen molar-refractivity contribution in [2.75, 3.05) is 39.5 Å². The van der Waals surface area contributed by atoms with E-state index in [2.05, 4.69) is 11.8 Å². The first-order chi connectivity index (χ1) is 5.88. The van der Waals surface area contributed by atoms with Gasteiger partial charge < -0.3 is 9.47 Å². The van der Waals surface area contributed by atoms with Gasteiger partial charge in [0.1, 0.15) is 0 Å². The number of hydrogen-bond donors (Lipinski definition) is 0. The summed E-state index contributed by atoms with van der Waals surface area (Å²) >= 11 is 0. The lowest BCUT2D eigenvalue weighted by molar-refractivity contribution is 0.00896. The van der Waals surface area contributed by atoms with Crippen LogP contribution >= 0.6 is 0 Å². The molecule has 0 saturated carbocycles. The van der Waals surface area contributed by atoms with Crippen LogP contribution in [0, 0.1) is 5.92 Å². The maximum Gasteiger partial charge on any atom is 0.0625 e. The summed E-state index contributed by atoms with van der Waals surface area (Å²) in [4.78, 5) is 2.50. The summed E-state index contributed by atoms with van der Waals surface area (Å²) in [6, 6.07) is 0.647. The van der Waals surface area contributed by atoms with Crippen molar-refractivity contribution < 1.29 is 9.47 Å². The number of nitrogens with zero attached hydrogens (tertiary/aromatic N) is 1. The highest BCUT2D eigenvalue weighted by Gasteiger charge is 2.30. The van der Waals surface area contributed by atoms with Crippen molar-refractivity contribution in [1.82, 2.24) is 4.90 Å². The first-order valence-corrected chi connectivity index (χ1v) is 4.77. The molecule has 2 aliphatic heterocycles. The average Bonchev–Trinajstić information content (AvgIpc) is 2.53. The van der Waals surface area contributed by atoms with Gasteiger partial charge in [-0.1, -0.05) is 6.92 Å². The average molecular weight is 171 g/mol. The topological polar surface area (TPSA) is 21.7 Å². The van der Waals surface area contributed by atoms with Crippen LogP contribution in [0.15, 0.2) is 0 Å². The highest BCUT2D eigenvalue weighted by molar-refractivity contribution is 4.82. The quantitative estimate of drug-likeness (QED) is 0.568. The molecule has 2 heterocycles. The second-order valence-corrected chi connectivity index (χ2v) is 3.73. The smallest absolute Gasteiger partial charge is 0.0625 e. The summed E-state index contributed by atoms with van der Waals surface area (Å²) in [5.41, 5.74) is 0. The fraction of sp³-hybridized carbons (Fsp3) is 1.00. The van der Waals surface area contributed by atoms with Crippen LogP contribution in [0.3, 0.4) is 0 Å². The zero-order valence-electron chi connectivity index (χ0n) is 7.66. The van der Waals surface area contributed by atoms with Crippen molar-refractivity contribution in [3.63, 3.8) is 0 Å². The molecule has 3 heteroatoms.